The van der Waals surface area contributed by atoms with Gasteiger partial charge in [-0.3, -0.25) is 14.9 Å². The highest BCUT2D eigenvalue weighted by Crippen LogP contribution is 2.26. The lowest BCUT2D eigenvalue weighted by molar-refractivity contribution is -0.384. The molecule has 0 spiro atoms. The molecule has 1 N–H and O–H groups in total. The molecule has 3 aromatic rings. The maximum absolute atomic E-state index is 12.2. The fourth-order valence-corrected chi connectivity index (χ4v) is 3.70. The van der Waals surface area contributed by atoms with E-state index in [1.54, 1.807) is 6.07 Å². The summed E-state index contributed by atoms with van der Waals surface area (Å²) in [5, 5.41) is 22.8. The van der Waals surface area contributed by atoms with Gasteiger partial charge in [0, 0.05) is 24.4 Å². The van der Waals surface area contributed by atoms with Crippen molar-refractivity contribution in [3.8, 4) is 5.75 Å². The summed E-state index contributed by atoms with van der Waals surface area (Å²) in [7, 11) is 0. The van der Waals surface area contributed by atoms with Crippen molar-refractivity contribution in [1.29, 1.82) is 0 Å². The van der Waals surface area contributed by atoms with Crippen LogP contribution in [0.25, 0.3) is 0 Å². The fraction of sp³-hybridized carbons (Fsp3) is 0.250. The molecule has 0 saturated heterocycles. The zero-order chi connectivity index (χ0) is 22.4. The number of anilines is 1. The summed E-state index contributed by atoms with van der Waals surface area (Å²) in [5.74, 6) is 1.05. The molecule has 0 aliphatic heterocycles. The Morgan fingerprint density at radius 1 is 1.26 bits per heavy atom. The van der Waals surface area contributed by atoms with Crippen molar-refractivity contribution in [2.24, 2.45) is 0 Å². The Kier molecular flexibility index (Phi) is 7.48. The third-order valence-electron chi connectivity index (χ3n) is 4.25. The SMILES string of the molecule is CCn1c(COc2cc(C)ccc2Cl)nnc1SCC(=O)Nc1ccc([N+](=O)[O-])cc1. The molecule has 162 valence electrons. The number of nitro benzene ring substituents is 1. The minimum atomic E-state index is -0.493. The van der Waals surface area contributed by atoms with Gasteiger partial charge in [-0.2, -0.15) is 0 Å². The van der Waals surface area contributed by atoms with Crippen LogP contribution >= 0.6 is 23.4 Å². The van der Waals surface area contributed by atoms with Gasteiger partial charge in [-0.1, -0.05) is 29.4 Å². The molecule has 1 aromatic heterocycles. The summed E-state index contributed by atoms with van der Waals surface area (Å²) in [4.78, 5) is 22.4. The number of halogens is 1. The third kappa shape index (κ3) is 5.96. The number of aryl methyl sites for hydroxylation is 1. The molecule has 31 heavy (non-hydrogen) atoms. The molecule has 0 aliphatic carbocycles. The second kappa shape index (κ2) is 10.3. The number of carbonyl (C=O) groups is 1. The molecule has 0 fully saturated rings. The number of benzene rings is 2. The normalized spacial score (nSPS) is 10.7. The largest absolute Gasteiger partial charge is 0.484 e. The minimum absolute atomic E-state index is 0.0369. The van der Waals surface area contributed by atoms with E-state index in [4.69, 9.17) is 16.3 Å². The summed E-state index contributed by atoms with van der Waals surface area (Å²) in [6.45, 7) is 4.71. The van der Waals surface area contributed by atoms with E-state index in [0.717, 1.165) is 5.56 Å². The molecule has 11 heteroatoms. The van der Waals surface area contributed by atoms with Crippen molar-refractivity contribution in [3.63, 3.8) is 0 Å². The van der Waals surface area contributed by atoms with E-state index in [0.29, 0.717) is 34.0 Å². The van der Waals surface area contributed by atoms with E-state index < -0.39 is 4.92 Å². The summed E-state index contributed by atoms with van der Waals surface area (Å²) >= 11 is 7.41. The van der Waals surface area contributed by atoms with Crippen LogP contribution in [0.5, 0.6) is 5.75 Å². The molecular formula is C20H20ClN5O4S. The maximum Gasteiger partial charge on any atom is 0.269 e. The maximum atomic E-state index is 12.2. The number of nitrogens with zero attached hydrogens (tertiary/aromatic N) is 4. The Labute approximate surface area is 187 Å². The molecule has 0 radical (unpaired) electrons. The predicted molar refractivity (Wildman–Crippen MR) is 119 cm³/mol. The second-order valence-electron chi connectivity index (χ2n) is 6.51. The number of hydrogen-bond acceptors (Lipinski definition) is 7. The molecular weight excluding hydrogens is 442 g/mol. The first-order valence-electron chi connectivity index (χ1n) is 9.35. The highest BCUT2D eigenvalue weighted by atomic mass is 35.5. The van der Waals surface area contributed by atoms with Crippen LogP contribution < -0.4 is 10.1 Å². The van der Waals surface area contributed by atoms with Crippen LogP contribution in [0.15, 0.2) is 47.6 Å². The molecule has 1 amide bonds. The van der Waals surface area contributed by atoms with Crippen LogP contribution in [0.4, 0.5) is 11.4 Å². The van der Waals surface area contributed by atoms with Gasteiger partial charge >= 0.3 is 0 Å². The number of hydrogen-bond donors (Lipinski definition) is 1. The quantitative estimate of drug-likeness (QED) is 0.284. The van der Waals surface area contributed by atoms with Crippen LogP contribution in [0.2, 0.25) is 5.02 Å². The Hall–Kier alpha value is -3.11. The van der Waals surface area contributed by atoms with E-state index in [1.165, 1.54) is 36.0 Å². The molecule has 0 aliphatic rings. The Balaban J connectivity index is 1.58. The summed E-state index contributed by atoms with van der Waals surface area (Å²) in [6, 6.07) is 11.2. The standard InChI is InChI=1S/C20H20ClN5O4S/c1-3-25-18(11-30-17-10-13(2)4-9-16(17)21)23-24-20(25)31-12-19(27)22-14-5-7-15(8-6-14)26(28)29/h4-10H,3,11-12H2,1-2H3,(H,22,27). The Morgan fingerprint density at radius 2 is 2.00 bits per heavy atom. The van der Waals surface area contributed by atoms with Gasteiger partial charge in [-0.15, -0.1) is 10.2 Å². The first-order chi connectivity index (χ1) is 14.9. The van der Waals surface area contributed by atoms with Gasteiger partial charge in [0.05, 0.1) is 15.7 Å². The number of rotatable bonds is 9. The predicted octanol–water partition coefficient (Wildman–Crippen LogP) is 4.48. The average Bonchev–Trinajstić information content (AvgIpc) is 3.15. The van der Waals surface area contributed by atoms with Crippen molar-refractivity contribution in [2.45, 2.75) is 32.2 Å². The molecule has 1 heterocycles. The van der Waals surface area contributed by atoms with E-state index in [2.05, 4.69) is 15.5 Å². The lowest BCUT2D eigenvalue weighted by Crippen LogP contribution is -2.15. The van der Waals surface area contributed by atoms with Crippen molar-refractivity contribution >= 4 is 40.6 Å². The van der Waals surface area contributed by atoms with Crippen LogP contribution in [0.1, 0.15) is 18.3 Å². The second-order valence-corrected chi connectivity index (χ2v) is 7.86. The van der Waals surface area contributed by atoms with E-state index >= 15 is 0 Å². The number of nitrogens with one attached hydrogen (secondary N) is 1. The highest BCUT2D eigenvalue weighted by Gasteiger charge is 2.15. The molecule has 9 nitrogen and oxygen atoms in total. The van der Waals surface area contributed by atoms with Gasteiger partial charge in [0.15, 0.2) is 11.0 Å². The first kappa shape index (κ1) is 22.6. The topological polar surface area (TPSA) is 112 Å². The van der Waals surface area contributed by atoms with E-state index in [1.807, 2.05) is 30.5 Å². The van der Waals surface area contributed by atoms with Gasteiger partial charge in [-0.05, 0) is 43.7 Å². The van der Waals surface area contributed by atoms with Gasteiger partial charge < -0.3 is 14.6 Å². The van der Waals surface area contributed by atoms with Gasteiger partial charge in [0.1, 0.15) is 12.4 Å². The number of nitro groups is 1. The molecule has 0 unspecified atom stereocenters. The van der Waals surface area contributed by atoms with Crippen LogP contribution in [-0.2, 0) is 17.9 Å². The van der Waals surface area contributed by atoms with Crippen molar-refractivity contribution in [3.05, 3.63) is 69.0 Å². The number of ether oxygens (including phenoxy) is 1. The van der Waals surface area contributed by atoms with E-state index in [-0.39, 0.29) is 24.0 Å². The monoisotopic (exact) mass is 461 g/mol. The zero-order valence-electron chi connectivity index (χ0n) is 16.9. The number of aromatic nitrogens is 3. The highest BCUT2D eigenvalue weighted by molar-refractivity contribution is 7.99. The molecule has 0 bridgehead atoms. The molecule has 0 atom stereocenters. The van der Waals surface area contributed by atoms with E-state index in [9.17, 15) is 14.9 Å². The summed E-state index contributed by atoms with van der Waals surface area (Å²) in [5.41, 5.74) is 1.48. The number of non-ortho nitro benzene ring substituents is 1. The summed E-state index contributed by atoms with van der Waals surface area (Å²) in [6.07, 6.45) is 0. The average molecular weight is 462 g/mol. The van der Waals surface area contributed by atoms with Gasteiger partial charge in [0.25, 0.3) is 5.69 Å². The number of carbonyl (C=O) groups excluding carboxylic acids is 1. The van der Waals surface area contributed by atoms with Crippen LogP contribution in [0.3, 0.4) is 0 Å². The van der Waals surface area contributed by atoms with Gasteiger partial charge in [-0.25, -0.2) is 0 Å². The lowest BCUT2D eigenvalue weighted by Gasteiger charge is -2.10. The smallest absolute Gasteiger partial charge is 0.269 e. The minimum Gasteiger partial charge on any atom is -0.484 e. The van der Waals surface area contributed by atoms with Gasteiger partial charge in [0.2, 0.25) is 5.91 Å². The van der Waals surface area contributed by atoms with Crippen LogP contribution in [-0.4, -0.2) is 31.3 Å². The fourth-order valence-electron chi connectivity index (χ4n) is 2.71. The summed E-state index contributed by atoms with van der Waals surface area (Å²) < 4.78 is 7.67. The lowest BCUT2D eigenvalue weighted by atomic mass is 10.2. The number of thioether (sulfide) groups is 1. The number of amides is 1. The Morgan fingerprint density at radius 3 is 2.68 bits per heavy atom. The first-order valence-corrected chi connectivity index (χ1v) is 10.7. The Bertz CT molecular complexity index is 1090. The molecule has 2 aromatic carbocycles. The third-order valence-corrected chi connectivity index (χ3v) is 5.53. The van der Waals surface area contributed by atoms with Crippen molar-refractivity contribution in [1.82, 2.24) is 14.8 Å². The zero-order valence-corrected chi connectivity index (χ0v) is 18.4. The van der Waals surface area contributed by atoms with Crippen LogP contribution in [0, 0.1) is 17.0 Å². The van der Waals surface area contributed by atoms with Crippen molar-refractivity contribution in [2.75, 3.05) is 11.1 Å². The molecule has 0 saturated carbocycles. The molecule has 3 rings (SSSR count). The van der Waals surface area contributed by atoms with Crippen molar-refractivity contribution < 1.29 is 14.5 Å².